The normalized spacial score (nSPS) is 10.2. The highest BCUT2D eigenvalue weighted by atomic mass is 32.2. The zero-order valence-corrected chi connectivity index (χ0v) is 8.26. The number of hydrogen-bond acceptors (Lipinski definition) is 3. The molecule has 5 heteroatoms. The molecule has 0 rings (SSSR count). The SMILES string of the molecule is CS/C=C/C(=O)NCCCC(=O)O. The van der Waals surface area contributed by atoms with Crippen LogP contribution in [0.4, 0.5) is 0 Å². The van der Waals surface area contributed by atoms with Gasteiger partial charge in [-0.15, -0.1) is 11.8 Å². The predicted octanol–water partition coefficient (Wildman–Crippen LogP) is 0.844. The van der Waals surface area contributed by atoms with Crippen LogP contribution >= 0.6 is 11.8 Å². The summed E-state index contributed by atoms with van der Waals surface area (Å²) < 4.78 is 0. The number of hydrogen-bond donors (Lipinski definition) is 2. The monoisotopic (exact) mass is 203 g/mol. The average Bonchev–Trinajstić information content (AvgIpc) is 2.08. The third kappa shape index (κ3) is 8.94. The molecule has 13 heavy (non-hydrogen) atoms. The molecule has 0 fully saturated rings. The van der Waals surface area contributed by atoms with Gasteiger partial charge in [0.25, 0.3) is 0 Å². The molecule has 0 aromatic heterocycles. The molecule has 0 aliphatic heterocycles. The Morgan fingerprint density at radius 1 is 1.54 bits per heavy atom. The fourth-order valence-electron chi connectivity index (χ4n) is 0.640. The molecular weight excluding hydrogens is 190 g/mol. The van der Waals surface area contributed by atoms with Crippen LogP contribution in [0.3, 0.4) is 0 Å². The molecule has 2 N–H and O–H groups in total. The van der Waals surface area contributed by atoms with E-state index in [1.54, 1.807) is 5.41 Å². The maximum atomic E-state index is 10.9. The van der Waals surface area contributed by atoms with Gasteiger partial charge in [0.2, 0.25) is 5.91 Å². The van der Waals surface area contributed by atoms with Crippen molar-refractivity contribution in [2.75, 3.05) is 12.8 Å². The van der Waals surface area contributed by atoms with E-state index >= 15 is 0 Å². The van der Waals surface area contributed by atoms with Gasteiger partial charge in [0.05, 0.1) is 0 Å². The number of rotatable bonds is 6. The van der Waals surface area contributed by atoms with Gasteiger partial charge in [-0.3, -0.25) is 9.59 Å². The molecular formula is C8H13NO3S. The number of amides is 1. The summed E-state index contributed by atoms with van der Waals surface area (Å²) in [6, 6.07) is 0. The fourth-order valence-corrected chi connectivity index (χ4v) is 0.900. The number of carbonyl (C=O) groups is 2. The van der Waals surface area contributed by atoms with Crippen molar-refractivity contribution in [3.63, 3.8) is 0 Å². The topological polar surface area (TPSA) is 66.4 Å². The summed E-state index contributed by atoms with van der Waals surface area (Å²) in [4.78, 5) is 21.0. The lowest BCUT2D eigenvalue weighted by atomic mass is 10.3. The highest BCUT2D eigenvalue weighted by Gasteiger charge is 1.97. The van der Waals surface area contributed by atoms with Gasteiger partial charge in [0, 0.05) is 19.0 Å². The molecule has 0 aliphatic carbocycles. The molecule has 0 spiro atoms. The third-order valence-electron chi connectivity index (χ3n) is 1.22. The Balaban J connectivity index is 3.37. The first-order valence-electron chi connectivity index (χ1n) is 3.85. The second-order valence-electron chi connectivity index (χ2n) is 2.33. The van der Waals surface area contributed by atoms with Crippen LogP contribution in [-0.4, -0.2) is 29.8 Å². The van der Waals surface area contributed by atoms with Gasteiger partial charge < -0.3 is 10.4 Å². The summed E-state index contributed by atoms with van der Waals surface area (Å²) in [6.45, 7) is 0.407. The van der Waals surface area contributed by atoms with Crippen molar-refractivity contribution < 1.29 is 14.7 Å². The van der Waals surface area contributed by atoms with Crippen LogP contribution in [0, 0.1) is 0 Å². The average molecular weight is 203 g/mol. The van der Waals surface area contributed by atoms with Gasteiger partial charge >= 0.3 is 5.97 Å². The van der Waals surface area contributed by atoms with Crippen LogP contribution in [-0.2, 0) is 9.59 Å². The van der Waals surface area contributed by atoms with E-state index < -0.39 is 5.97 Å². The predicted molar refractivity (Wildman–Crippen MR) is 52.5 cm³/mol. The molecule has 4 nitrogen and oxygen atoms in total. The maximum absolute atomic E-state index is 10.9. The first kappa shape index (κ1) is 12.0. The summed E-state index contributed by atoms with van der Waals surface area (Å²) in [6.07, 6.45) is 3.83. The smallest absolute Gasteiger partial charge is 0.303 e. The molecule has 0 aromatic rings. The van der Waals surface area contributed by atoms with Gasteiger partial charge in [-0.1, -0.05) is 0 Å². The highest BCUT2D eigenvalue weighted by Crippen LogP contribution is 1.92. The Morgan fingerprint density at radius 2 is 2.23 bits per heavy atom. The van der Waals surface area contributed by atoms with E-state index in [2.05, 4.69) is 5.32 Å². The Hall–Kier alpha value is -0.970. The lowest BCUT2D eigenvalue weighted by Crippen LogP contribution is -2.22. The van der Waals surface area contributed by atoms with E-state index in [1.165, 1.54) is 17.8 Å². The van der Waals surface area contributed by atoms with Crippen molar-refractivity contribution >= 4 is 23.6 Å². The van der Waals surface area contributed by atoms with E-state index in [0.717, 1.165) is 0 Å². The zero-order valence-electron chi connectivity index (χ0n) is 7.45. The van der Waals surface area contributed by atoms with Crippen LogP contribution in [0.2, 0.25) is 0 Å². The lowest BCUT2D eigenvalue weighted by molar-refractivity contribution is -0.137. The zero-order chi connectivity index (χ0) is 10.1. The minimum Gasteiger partial charge on any atom is -0.481 e. The number of nitrogens with one attached hydrogen (secondary N) is 1. The number of thioether (sulfide) groups is 1. The van der Waals surface area contributed by atoms with Gasteiger partial charge in [-0.25, -0.2) is 0 Å². The van der Waals surface area contributed by atoms with Gasteiger partial charge in [-0.05, 0) is 18.1 Å². The summed E-state index contributed by atoms with van der Waals surface area (Å²) in [7, 11) is 0. The Morgan fingerprint density at radius 3 is 2.77 bits per heavy atom. The molecule has 0 atom stereocenters. The molecule has 0 unspecified atom stereocenters. The molecule has 0 saturated heterocycles. The maximum Gasteiger partial charge on any atom is 0.303 e. The molecule has 0 aliphatic rings. The lowest BCUT2D eigenvalue weighted by Gasteiger charge is -1.98. The second kappa shape index (κ2) is 7.67. The van der Waals surface area contributed by atoms with Crippen molar-refractivity contribution in [2.24, 2.45) is 0 Å². The summed E-state index contributed by atoms with van der Waals surface area (Å²) >= 11 is 1.44. The summed E-state index contributed by atoms with van der Waals surface area (Å²) in [5.41, 5.74) is 0. The van der Waals surface area contributed by atoms with Crippen molar-refractivity contribution in [3.05, 3.63) is 11.5 Å². The highest BCUT2D eigenvalue weighted by molar-refractivity contribution is 8.01. The first-order valence-corrected chi connectivity index (χ1v) is 5.14. The molecule has 0 aromatic carbocycles. The van der Waals surface area contributed by atoms with E-state index in [-0.39, 0.29) is 12.3 Å². The second-order valence-corrected chi connectivity index (χ2v) is 3.07. The Bertz CT molecular complexity index is 204. The third-order valence-corrected chi connectivity index (χ3v) is 1.63. The standard InChI is InChI=1S/C8H13NO3S/c1-13-6-4-7(10)9-5-2-3-8(11)12/h4,6H,2-3,5H2,1H3,(H,9,10)(H,11,12)/b6-4+. The summed E-state index contributed by atoms with van der Waals surface area (Å²) in [5, 5.41) is 12.5. The Kier molecular flexibility index (Phi) is 7.10. The van der Waals surface area contributed by atoms with Crippen LogP contribution in [0.25, 0.3) is 0 Å². The quantitative estimate of drug-likeness (QED) is 0.496. The van der Waals surface area contributed by atoms with Crippen LogP contribution < -0.4 is 5.32 Å². The minimum absolute atomic E-state index is 0.0898. The van der Waals surface area contributed by atoms with Gasteiger partial charge in [0.15, 0.2) is 0 Å². The van der Waals surface area contributed by atoms with Crippen LogP contribution in [0.5, 0.6) is 0 Å². The Labute approximate surface area is 81.4 Å². The molecule has 1 amide bonds. The largest absolute Gasteiger partial charge is 0.481 e. The van der Waals surface area contributed by atoms with Gasteiger partial charge in [-0.2, -0.15) is 0 Å². The van der Waals surface area contributed by atoms with Gasteiger partial charge in [0.1, 0.15) is 0 Å². The van der Waals surface area contributed by atoms with E-state index in [4.69, 9.17) is 5.11 Å². The van der Waals surface area contributed by atoms with Crippen molar-refractivity contribution in [2.45, 2.75) is 12.8 Å². The van der Waals surface area contributed by atoms with Crippen molar-refractivity contribution in [3.8, 4) is 0 Å². The van der Waals surface area contributed by atoms with E-state index in [9.17, 15) is 9.59 Å². The molecule has 0 heterocycles. The summed E-state index contributed by atoms with van der Waals surface area (Å²) in [5.74, 6) is -1.02. The van der Waals surface area contributed by atoms with Crippen LogP contribution in [0.15, 0.2) is 11.5 Å². The minimum atomic E-state index is -0.839. The van der Waals surface area contributed by atoms with Crippen LogP contribution in [0.1, 0.15) is 12.8 Å². The van der Waals surface area contributed by atoms with Crippen molar-refractivity contribution in [1.29, 1.82) is 0 Å². The fraction of sp³-hybridized carbons (Fsp3) is 0.500. The molecule has 0 bridgehead atoms. The molecule has 0 radical (unpaired) electrons. The molecule has 74 valence electrons. The number of carboxylic acids is 1. The first-order chi connectivity index (χ1) is 6.16. The number of carboxylic acid groups (broad SMARTS) is 1. The number of aliphatic carboxylic acids is 1. The van der Waals surface area contributed by atoms with E-state index in [0.29, 0.717) is 13.0 Å². The molecule has 0 saturated carbocycles. The van der Waals surface area contributed by atoms with E-state index in [1.807, 2.05) is 6.26 Å². The van der Waals surface area contributed by atoms with Crippen molar-refractivity contribution in [1.82, 2.24) is 5.32 Å². The number of carbonyl (C=O) groups excluding carboxylic acids is 1.